The minimum absolute atomic E-state index is 0.168. The van der Waals surface area contributed by atoms with Crippen molar-refractivity contribution in [1.82, 2.24) is 9.80 Å². The van der Waals surface area contributed by atoms with Crippen LogP contribution in [0.3, 0.4) is 0 Å². The summed E-state index contributed by atoms with van der Waals surface area (Å²) >= 11 is 11.9. The first-order chi connectivity index (χ1) is 13.6. The number of benzene rings is 2. The van der Waals surface area contributed by atoms with Crippen molar-refractivity contribution in [2.75, 3.05) is 31.5 Å². The monoisotopic (exact) mass is 445 g/mol. The summed E-state index contributed by atoms with van der Waals surface area (Å²) in [6.07, 6.45) is -4.45. The van der Waals surface area contributed by atoms with Crippen LogP contribution in [0.5, 0.6) is 0 Å². The number of carbonyl (C=O) groups excluding carboxylic acids is 2. The fraction of sp³-hybridized carbons (Fsp3) is 0.263. The zero-order chi connectivity index (χ0) is 21.2. The van der Waals surface area contributed by atoms with Crippen molar-refractivity contribution in [3.8, 4) is 0 Å². The largest absolute Gasteiger partial charge is 0.416 e. The molecule has 5 nitrogen and oxygen atoms in total. The summed E-state index contributed by atoms with van der Waals surface area (Å²) in [4.78, 5) is 27.9. The number of halogens is 5. The zero-order valence-electron chi connectivity index (χ0n) is 15.0. The molecule has 0 saturated carbocycles. The van der Waals surface area contributed by atoms with E-state index < -0.39 is 11.7 Å². The number of anilines is 1. The molecule has 29 heavy (non-hydrogen) atoms. The summed E-state index contributed by atoms with van der Waals surface area (Å²) in [5.74, 6) is -0.378. The second-order valence-electron chi connectivity index (χ2n) is 6.41. The van der Waals surface area contributed by atoms with E-state index in [-0.39, 0.29) is 43.7 Å². The van der Waals surface area contributed by atoms with Crippen molar-refractivity contribution in [1.29, 1.82) is 0 Å². The molecule has 1 saturated heterocycles. The van der Waals surface area contributed by atoms with Gasteiger partial charge in [0.1, 0.15) is 0 Å². The van der Waals surface area contributed by atoms with E-state index in [0.29, 0.717) is 15.7 Å². The molecule has 1 aliphatic rings. The molecule has 3 rings (SSSR count). The van der Waals surface area contributed by atoms with Gasteiger partial charge >= 0.3 is 12.2 Å². The van der Waals surface area contributed by atoms with Gasteiger partial charge in [-0.05, 0) is 42.5 Å². The van der Waals surface area contributed by atoms with Gasteiger partial charge in [0.15, 0.2) is 0 Å². The molecule has 0 aromatic heterocycles. The SMILES string of the molecule is O=C(Nc1cc(Cl)ccc1Cl)N1CCN(C(=O)c2ccc(C(F)(F)F)cc2)CC1. The Hall–Kier alpha value is -2.45. The summed E-state index contributed by atoms with van der Waals surface area (Å²) in [5.41, 5.74) is -0.260. The topological polar surface area (TPSA) is 52.7 Å². The lowest BCUT2D eigenvalue weighted by atomic mass is 10.1. The van der Waals surface area contributed by atoms with Crippen LogP contribution in [0.1, 0.15) is 15.9 Å². The van der Waals surface area contributed by atoms with Crippen molar-refractivity contribution in [2.24, 2.45) is 0 Å². The lowest BCUT2D eigenvalue weighted by molar-refractivity contribution is -0.137. The van der Waals surface area contributed by atoms with Crippen LogP contribution in [0, 0.1) is 0 Å². The molecule has 0 unspecified atom stereocenters. The molecular formula is C19H16Cl2F3N3O2. The van der Waals surface area contributed by atoms with Gasteiger partial charge in [-0.15, -0.1) is 0 Å². The molecule has 0 aliphatic carbocycles. The molecule has 3 amide bonds. The normalized spacial score (nSPS) is 14.7. The number of hydrogen-bond donors (Lipinski definition) is 1. The molecule has 0 atom stereocenters. The van der Waals surface area contributed by atoms with Crippen molar-refractivity contribution in [3.05, 3.63) is 63.6 Å². The Morgan fingerprint density at radius 3 is 2.07 bits per heavy atom. The first-order valence-electron chi connectivity index (χ1n) is 8.62. The molecule has 2 aromatic carbocycles. The molecule has 2 aromatic rings. The quantitative estimate of drug-likeness (QED) is 0.706. The number of rotatable bonds is 2. The minimum atomic E-state index is -4.45. The van der Waals surface area contributed by atoms with Crippen LogP contribution < -0.4 is 5.32 Å². The summed E-state index contributed by atoms with van der Waals surface area (Å²) in [7, 11) is 0. The fourth-order valence-electron chi connectivity index (χ4n) is 2.88. The third-order valence-corrected chi connectivity index (χ3v) is 5.05. The summed E-state index contributed by atoms with van der Waals surface area (Å²) < 4.78 is 37.9. The maximum Gasteiger partial charge on any atom is 0.416 e. The molecule has 1 aliphatic heterocycles. The van der Waals surface area contributed by atoms with Crippen LogP contribution in [0.25, 0.3) is 0 Å². The van der Waals surface area contributed by atoms with Gasteiger partial charge in [-0.2, -0.15) is 13.2 Å². The van der Waals surface area contributed by atoms with Gasteiger partial charge < -0.3 is 15.1 Å². The molecule has 154 valence electrons. The Labute approximate surface area is 175 Å². The third kappa shape index (κ3) is 5.13. The molecule has 1 fully saturated rings. The lowest BCUT2D eigenvalue weighted by Gasteiger charge is -2.34. The fourth-order valence-corrected chi connectivity index (χ4v) is 3.22. The first kappa shape index (κ1) is 21.3. The molecule has 1 heterocycles. The van der Waals surface area contributed by atoms with Crippen LogP contribution in [0.15, 0.2) is 42.5 Å². The van der Waals surface area contributed by atoms with Crippen LogP contribution in [-0.2, 0) is 6.18 Å². The summed E-state index contributed by atoms with van der Waals surface area (Å²) in [5, 5.41) is 3.45. The second kappa shape index (κ2) is 8.51. The predicted molar refractivity (Wildman–Crippen MR) is 104 cm³/mol. The van der Waals surface area contributed by atoms with E-state index >= 15 is 0 Å². The number of alkyl halides is 3. The van der Waals surface area contributed by atoms with Crippen molar-refractivity contribution in [3.63, 3.8) is 0 Å². The first-order valence-corrected chi connectivity index (χ1v) is 9.38. The van der Waals surface area contributed by atoms with Gasteiger partial charge in [0.05, 0.1) is 16.3 Å². The van der Waals surface area contributed by atoms with Gasteiger partial charge in [-0.25, -0.2) is 4.79 Å². The summed E-state index contributed by atoms with van der Waals surface area (Å²) in [6, 6.07) is 8.40. The Kier molecular flexibility index (Phi) is 6.24. The predicted octanol–water partition coefficient (Wildman–Crippen LogP) is 5.00. The Morgan fingerprint density at radius 1 is 0.897 bits per heavy atom. The van der Waals surface area contributed by atoms with Crippen LogP contribution in [0.4, 0.5) is 23.7 Å². The van der Waals surface area contributed by atoms with Gasteiger partial charge in [0.25, 0.3) is 5.91 Å². The number of nitrogens with one attached hydrogen (secondary N) is 1. The van der Waals surface area contributed by atoms with Gasteiger partial charge in [-0.3, -0.25) is 4.79 Å². The highest BCUT2D eigenvalue weighted by Crippen LogP contribution is 2.29. The molecule has 0 radical (unpaired) electrons. The highest BCUT2D eigenvalue weighted by Gasteiger charge is 2.31. The number of hydrogen-bond acceptors (Lipinski definition) is 2. The number of urea groups is 1. The van der Waals surface area contributed by atoms with E-state index in [2.05, 4.69) is 5.32 Å². The van der Waals surface area contributed by atoms with Crippen LogP contribution >= 0.6 is 23.2 Å². The van der Waals surface area contributed by atoms with E-state index in [1.54, 1.807) is 12.1 Å². The average molecular weight is 446 g/mol. The van der Waals surface area contributed by atoms with E-state index in [1.165, 1.54) is 15.9 Å². The maximum atomic E-state index is 12.6. The molecular weight excluding hydrogens is 430 g/mol. The summed E-state index contributed by atoms with van der Waals surface area (Å²) in [6.45, 7) is 1.07. The maximum absolute atomic E-state index is 12.6. The van der Waals surface area contributed by atoms with E-state index in [1.807, 2.05) is 0 Å². The Morgan fingerprint density at radius 2 is 1.48 bits per heavy atom. The lowest BCUT2D eigenvalue weighted by Crippen LogP contribution is -2.51. The van der Waals surface area contributed by atoms with Gasteiger partial charge in [0.2, 0.25) is 0 Å². The smallest absolute Gasteiger partial charge is 0.335 e. The Bertz CT molecular complexity index is 912. The average Bonchev–Trinajstić information content (AvgIpc) is 2.69. The standard InChI is InChI=1S/C19H16Cl2F3N3O2/c20-14-5-6-15(21)16(11-14)25-18(29)27-9-7-26(8-10-27)17(28)12-1-3-13(4-2-12)19(22,23)24/h1-6,11H,7-10H2,(H,25,29). The van der Waals surface area contributed by atoms with Gasteiger partial charge in [-0.1, -0.05) is 23.2 Å². The molecule has 10 heteroatoms. The molecule has 1 N–H and O–H groups in total. The zero-order valence-corrected chi connectivity index (χ0v) is 16.5. The van der Waals surface area contributed by atoms with Gasteiger partial charge in [0, 0.05) is 36.8 Å². The number of nitrogens with zero attached hydrogens (tertiary/aromatic N) is 2. The van der Waals surface area contributed by atoms with Crippen LogP contribution in [-0.4, -0.2) is 47.9 Å². The van der Waals surface area contributed by atoms with E-state index in [4.69, 9.17) is 23.2 Å². The van der Waals surface area contributed by atoms with E-state index in [9.17, 15) is 22.8 Å². The molecule has 0 spiro atoms. The Balaban J connectivity index is 1.57. The number of amides is 3. The number of piperazine rings is 1. The highest BCUT2D eigenvalue weighted by molar-refractivity contribution is 6.35. The second-order valence-corrected chi connectivity index (χ2v) is 7.25. The van der Waals surface area contributed by atoms with Crippen molar-refractivity contribution < 1.29 is 22.8 Å². The van der Waals surface area contributed by atoms with Crippen molar-refractivity contribution >= 4 is 40.8 Å². The van der Waals surface area contributed by atoms with Crippen LogP contribution in [0.2, 0.25) is 10.0 Å². The highest BCUT2D eigenvalue weighted by atomic mass is 35.5. The van der Waals surface area contributed by atoms with E-state index in [0.717, 1.165) is 24.3 Å². The van der Waals surface area contributed by atoms with Crippen molar-refractivity contribution in [2.45, 2.75) is 6.18 Å². The third-order valence-electron chi connectivity index (χ3n) is 4.48. The molecule has 0 bridgehead atoms. The minimum Gasteiger partial charge on any atom is -0.335 e. The number of carbonyl (C=O) groups is 2.